The molecule has 5 nitrogen and oxygen atoms in total. The summed E-state index contributed by atoms with van der Waals surface area (Å²) in [6.07, 6.45) is 1.65. The summed E-state index contributed by atoms with van der Waals surface area (Å²) < 4.78 is 13.6. The van der Waals surface area contributed by atoms with Crippen LogP contribution >= 0.6 is 0 Å². The molecule has 1 amide bonds. The number of nitrogens with zero attached hydrogens (tertiary/aromatic N) is 3. The quantitative estimate of drug-likeness (QED) is 0.906. The highest BCUT2D eigenvalue weighted by atomic mass is 19.1. The Morgan fingerprint density at radius 2 is 1.96 bits per heavy atom. The van der Waals surface area contributed by atoms with Gasteiger partial charge in [-0.05, 0) is 24.7 Å². The third-order valence-electron chi connectivity index (χ3n) is 4.56. The first-order valence-electron chi connectivity index (χ1n) is 8.62. The van der Waals surface area contributed by atoms with Gasteiger partial charge in [-0.3, -0.25) is 9.78 Å². The number of pyridine rings is 1. The topological polar surface area (TPSA) is 48.5 Å². The molecule has 3 rings (SSSR count). The van der Waals surface area contributed by atoms with Crippen molar-refractivity contribution >= 4 is 11.6 Å². The first kappa shape index (κ1) is 17.4. The summed E-state index contributed by atoms with van der Waals surface area (Å²) in [6, 6.07) is 10.2. The minimum absolute atomic E-state index is 0.145. The second kappa shape index (κ2) is 8.07. The van der Waals surface area contributed by atoms with E-state index in [1.807, 2.05) is 6.07 Å². The van der Waals surface area contributed by atoms with Crippen molar-refractivity contribution in [3.8, 4) is 0 Å². The van der Waals surface area contributed by atoms with Crippen LogP contribution in [0, 0.1) is 5.82 Å². The molecule has 1 aliphatic rings. The molecule has 1 aromatic carbocycles. The van der Waals surface area contributed by atoms with Crippen LogP contribution in [0.5, 0.6) is 0 Å². The Kier molecular flexibility index (Phi) is 5.60. The molecule has 1 aliphatic heterocycles. The molecule has 6 heteroatoms. The van der Waals surface area contributed by atoms with Crippen LogP contribution in [-0.2, 0) is 6.54 Å². The molecule has 1 fully saturated rings. The minimum Gasteiger partial charge on any atom is -0.369 e. The second-order valence-electron chi connectivity index (χ2n) is 6.09. The summed E-state index contributed by atoms with van der Waals surface area (Å²) in [5.41, 5.74) is 1.82. The monoisotopic (exact) mass is 342 g/mol. The summed E-state index contributed by atoms with van der Waals surface area (Å²) in [6.45, 7) is 7.30. The van der Waals surface area contributed by atoms with Crippen LogP contribution in [0.15, 0.2) is 42.6 Å². The van der Waals surface area contributed by atoms with E-state index >= 15 is 0 Å². The molecule has 0 spiro atoms. The molecule has 0 radical (unpaired) electrons. The predicted octanol–water partition coefficient (Wildman–Crippen LogP) is 2.29. The van der Waals surface area contributed by atoms with Crippen molar-refractivity contribution in [2.24, 2.45) is 0 Å². The fourth-order valence-corrected chi connectivity index (χ4v) is 2.97. The van der Waals surface area contributed by atoms with Crippen molar-refractivity contribution in [2.45, 2.75) is 13.5 Å². The molecule has 0 atom stereocenters. The minimum atomic E-state index is -0.321. The fourth-order valence-electron chi connectivity index (χ4n) is 2.97. The number of aromatic nitrogens is 1. The van der Waals surface area contributed by atoms with E-state index in [9.17, 15) is 9.18 Å². The maximum Gasteiger partial charge on any atom is 0.270 e. The first-order valence-corrected chi connectivity index (χ1v) is 8.62. The Morgan fingerprint density at radius 1 is 1.20 bits per heavy atom. The van der Waals surface area contributed by atoms with Crippen LogP contribution in [0.4, 0.5) is 10.1 Å². The number of nitrogens with one attached hydrogen (secondary N) is 1. The molecule has 0 aliphatic carbocycles. The maximum atomic E-state index is 13.6. The van der Waals surface area contributed by atoms with Crippen molar-refractivity contribution in [1.82, 2.24) is 15.2 Å². The van der Waals surface area contributed by atoms with Gasteiger partial charge in [-0.25, -0.2) is 4.39 Å². The highest BCUT2D eigenvalue weighted by molar-refractivity contribution is 5.93. The SMILES string of the molecule is CCN1CCN(c2ccnc(C(=O)NCc3ccccc3F)c2)CC1. The zero-order chi connectivity index (χ0) is 17.6. The largest absolute Gasteiger partial charge is 0.369 e. The first-order chi connectivity index (χ1) is 12.2. The van der Waals surface area contributed by atoms with Gasteiger partial charge in [0.15, 0.2) is 0 Å². The van der Waals surface area contributed by atoms with Crippen LogP contribution in [0.1, 0.15) is 23.0 Å². The van der Waals surface area contributed by atoms with E-state index in [0.29, 0.717) is 11.3 Å². The molecular formula is C19H23FN4O. The molecular weight excluding hydrogens is 319 g/mol. The van der Waals surface area contributed by atoms with Crippen LogP contribution in [-0.4, -0.2) is 48.5 Å². The molecule has 2 aromatic rings. The van der Waals surface area contributed by atoms with Gasteiger partial charge in [-0.1, -0.05) is 25.1 Å². The van der Waals surface area contributed by atoms with E-state index in [1.54, 1.807) is 30.5 Å². The number of likely N-dealkylation sites (N-methyl/N-ethyl adjacent to an activating group) is 1. The number of rotatable bonds is 5. The average molecular weight is 342 g/mol. The number of piperazine rings is 1. The van der Waals surface area contributed by atoms with Crippen LogP contribution in [0.3, 0.4) is 0 Å². The number of anilines is 1. The fraction of sp³-hybridized carbons (Fsp3) is 0.368. The van der Waals surface area contributed by atoms with Gasteiger partial charge in [0.05, 0.1) is 0 Å². The van der Waals surface area contributed by atoms with Crippen molar-refractivity contribution in [3.63, 3.8) is 0 Å². The Balaban J connectivity index is 1.63. The molecule has 0 saturated carbocycles. The van der Waals surface area contributed by atoms with Crippen LogP contribution in [0.25, 0.3) is 0 Å². The lowest BCUT2D eigenvalue weighted by atomic mass is 10.2. The van der Waals surface area contributed by atoms with Gasteiger partial charge in [-0.15, -0.1) is 0 Å². The summed E-state index contributed by atoms with van der Waals surface area (Å²) in [7, 11) is 0. The zero-order valence-corrected chi connectivity index (χ0v) is 14.4. The van der Waals surface area contributed by atoms with Crippen LogP contribution in [0.2, 0.25) is 0 Å². The number of amides is 1. The summed E-state index contributed by atoms with van der Waals surface area (Å²) >= 11 is 0. The Bertz CT molecular complexity index is 729. The lowest BCUT2D eigenvalue weighted by molar-refractivity contribution is 0.0945. The summed E-state index contributed by atoms with van der Waals surface area (Å²) in [5.74, 6) is -0.615. The molecule has 1 N–H and O–H groups in total. The normalized spacial score (nSPS) is 15.2. The molecule has 0 bridgehead atoms. The Hall–Kier alpha value is -2.47. The highest BCUT2D eigenvalue weighted by Gasteiger charge is 2.17. The molecule has 1 saturated heterocycles. The lowest BCUT2D eigenvalue weighted by Gasteiger charge is -2.35. The maximum absolute atomic E-state index is 13.6. The van der Waals surface area contributed by atoms with Gasteiger partial charge >= 0.3 is 0 Å². The standard InChI is InChI=1S/C19H23FN4O/c1-2-23-9-11-24(12-10-23)16-7-8-21-18(13-16)19(25)22-14-15-5-3-4-6-17(15)20/h3-8,13H,2,9-12,14H2,1H3,(H,22,25). The molecule has 25 heavy (non-hydrogen) atoms. The number of benzene rings is 1. The van der Waals surface area contributed by atoms with Gasteiger partial charge < -0.3 is 15.1 Å². The Labute approximate surface area is 147 Å². The third-order valence-corrected chi connectivity index (χ3v) is 4.56. The third kappa shape index (κ3) is 4.33. The molecule has 0 unspecified atom stereocenters. The molecule has 2 heterocycles. The number of carbonyl (C=O) groups is 1. The van der Waals surface area contributed by atoms with Crippen molar-refractivity contribution in [2.75, 3.05) is 37.6 Å². The molecule has 132 valence electrons. The number of carbonyl (C=O) groups excluding carboxylic acids is 1. The van der Waals surface area contributed by atoms with E-state index in [-0.39, 0.29) is 18.3 Å². The summed E-state index contributed by atoms with van der Waals surface area (Å²) in [4.78, 5) is 21.2. The van der Waals surface area contributed by atoms with Crippen molar-refractivity contribution < 1.29 is 9.18 Å². The van der Waals surface area contributed by atoms with E-state index in [1.165, 1.54) is 6.07 Å². The number of halogens is 1. The highest BCUT2D eigenvalue weighted by Crippen LogP contribution is 2.17. The summed E-state index contributed by atoms with van der Waals surface area (Å²) in [5, 5.41) is 2.73. The average Bonchev–Trinajstić information content (AvgIpc) is 2.67. The van der Waals surface area contributed by atoms with Crippen LogP contribution < -0.4 is 10.2 Å². The van der Waals surface area contributed by atoms with Gasteiger partial charge in [0.2, 0.25) is 0 Å². The number of hydrogen-bond acceptors (Lipinski definition) is 4. The van der Waals surface area contributed by atoms with Crippen molar-refractivity contribution in [1.29, 1.82) is 0 Å². The smallest absolute Gasteiger partial charge is 0.270 e. The number of hydrogen-bond donors (Lipinski definition) is 1. The van der Waals surface area contributed by atoms with Gasteiger partial charge in [-0.2, -0.15) is 0 Å². The van der Waals surface area contributed by atoms with E-state index in [0.717, 1.165) is 38.4 Å². The zero-order valence-electron chi connectivity index (χ0n) is 14.4. The predicted molar refractivity (Wildman–Crippen MR) is 96.1 cm³/mol. The van der Waals surface area contributed by atoms with Gasteiger partial charge in [0.25, 0.3) is 5.91 Å². The van der Waals surface area contributed by atoms with Gasteiger partial charge in [0, 0.05) is 50.2 Å². The van der Waals surface area contributed by atoms with Gasteiger partial charge in [0.1, 0.15) is 11.5 Å². The van der Waals surface area contributed by atoms with E-state index in [2.05, 4.69) is 27.0 Å². The molecule has 1 aromatic heterocycles. The van der Waals surface area contributed by atoms with E-state index < -0.39 is 0 Å². The Morgan fingerprint density at radius 3 is 2.68 bits per heavy atom. The second-order valence-corrected chi connectivity index (χ2v) is 6.09. The lowest BCUT2D eigenvalue weighted by Crippen LogP contribution is -2.46. The van der Waals surface area contributed by atoms with Crippen molar-refractivity contribution in [3.05, 3.63) is 59.7 Å². The van der Waals surface area contributed by atoms with E-state index in [4.69, 9.17) is 0 Å².